The molecule has 2 fully saturated rings. The molecule has 2 aromatic rings. The molecule has 1 saturated carbocycles. The van der Waals surface area contributed by atoms with Gasteiger partial charge in [0.25, 0.3) is 0 Å². The molecule has 1 aromatic heterocycles. The summed E-state index contributed by atoms with van der Waals surface area (Å²) in [4.78, 5) is 13.0. The van der Waals surface area contributed by atoms with Gasteiger partial charge in [-0.3, -0.25) is 0 Å². The lowest BCUT2D eigenvalue weighted by atomic mass is 9.71. The number of piperidine rings is 1. The number of hydrogen-bond acceptors (Lipinski definition) is 4. The highest BCUT2D eigenvalue weighted by molar-refractivity contribution is 7.99. The van der Waals surface area contributed by atoms with Gasteiger partial charge in [0, 0.05) is 18.0 Å². The zero-order chi connectivity index (χ0) is 19.0. The molecule has 0 N–H and O–H groups in total. The maximum atomic E-state index is 6.12. The monoisotopic (exact) mass is 421 g/mol. The summed E-state index contributed by atoms with van der Waals surface area (Å²) in [6.45, 7) is 6.66. The van der Waals surface area contributed by atoms with E-state index in [1.165, 1.54) is 32.1 Å². The van der Waals surface area contributed by atoms with E-state index in [4.69, 9.17) is 28.2 Å². The van der Waals surface area contributed by atoms with Gasteiger partial charge in [-0.2, -0.15) is 0 Å². The summed E-state index contributed by atoms with van der Waals surface area (Å²) in [5, 5.41) is 2.04. The lowest BCUT2D eigenvalue weighted by Crippen LogP contribution is -2.41. The van der Waals surface area contributed by atoms with Gasteiger partial charge in [0.1, 0.15) is 10.8 Å². The molecule has 6 heteroatoms. The second-order valence-electron chi connectivity index (χ2n) is 7.94. The van der Waals surface area contributed by atoms with Crippen LogP contribution in [0.25, 0.3) is 0 Å². The summed E-state index contributed by atoms with van der Waals surface area (Å²) < 4.78 is 0. The maximum absolute atomic E-state index is 6.12. The second-order valence-corrected chi connectivity index (χ2v) is 9.82. The zero-order valence-corrected chi connectivity index (χ0v) is 18.2. The molecule has 0 radical (unpaired) electrons. The molecular formula is C21H25Cl2N3S. The molecule has 1 aliphatic heterocycles. The number of benzene rings is 1. The van der Waals surface area contributed by atoms with Crippen LogP contribution in [0, 0.1) is 18.3 Å². The average Bonchev–Trinajstić information content (AvgIpc) is 3.00. The van der Waals surface area contributed by atoms with Crippen molar-refractivity contribution in [3.05, 3.63) is 40.1 Å². The molecule has 4 rings (SSSR count). The molecule has 1 saturated heterocycles. The van der Waals surface area contributed by atoms with E-state index in [1.807, 2.05) is 31.3 Å². The predicted octanol–water partition coefficient (Wildman–Crippen LogP) is 6.65. The molecular weight excluding hydrogens is 397 g/mol. The molecule has 1 spiro atoms. The van der Waals surface area contributed by atoms with Gasteiger partial charge in [0.15, 0.2) is 0 Å². The van der Waals surface area contributed by atoms with Crippen LogP contribution >= 0.6 is 35.0 Å². The minimum absolute atomic E-state index is 0.562. The van der Waals surface area contributed by atoms with Gasteiger partial charge in [-0.25, -0.2) is 9.97 Å². The first-order chi connectivity index (χ1) is 13.0. The summed E-state index contributed by atoms with van der Waals surface area (Å²) in [5.74, 6) is 1.88. The largest absolute Gasteiger partial charge is 0.355 e. The van der Waals surface area contributed by atoms with E-state index >= 15 is 0 Å². The summed E-state index contributed by atoms with van der Waals surface area (Å²) in [7, 11) is 0. The molecule has 2 heterocycles. The van der Waals surface area contributed by atoms with Crippen LogP contribution in [0.1, 0.15) is 44.7 Å². The Morgan fingerprint density at radius 1 is 1.15 bits per heavy atom. The Balaban J connectivity index is 1.45. The summed E-state index contributed by atoms with van der Waals surface area (Å²) >= 11 is 13.7. The number of anilines is 1. The van der Waals surface area contributed by atoms with E-state index < -0.39 is 0 Å². The van der Waals surface area contributed by atoms with Crippen LogP contribution < -0.4 is 4.90 Å². The van der Waals surface area contributed by atoms with E-state index in [0.29, 0.717) is 15.5 Å². The normalized spacial score (nSPS) is 21.8. The number of halogens is 2. The average molecular weight is 422 g/mol. The Bertz CT molecular complexity index is 834. The molecule has 144 valence electrons. The summed E-state index contributed by atoms with van der Waals surface area (Å²) in [6, 6.07) is 5.65. The van der Waals surface area contributed by atoms with E-state index in [9.17, 15) is 0 Å². The van der Waals surface area contributed by atoms with Gasteiger partial charge in [0.05, 0.1) is 21.9 Å². The minimum atomic E-state index is 0.562. The fourth-order valence-corrected chi connectivity index (χ4v) is 5.80. The standard InChI is InChI=1S/C21H25Cl2N3S/c1-14-4-3-7-21(14)8-10-26(11-9-21)19-13-24-20(15(2)25-19)27-16-5-6-17(22)18(23)12-16/h5-6,12-14H,3-4,7-11H2,1-2H3/t14-/m1/s1. The third-order valence-corrected chi connectivity index (χ3v) is 8.26. The topological polar surface area (TPSA) is 29.0 Å². The number of aryl methyl sites for hydroxylation is 1. The molecule has 2 aliphatic rings. The molecule has 1 atom stereocenters. The maximum Gasteiger partial charge on any atom is 0.147 e. The first-order valence-electron chi connectivity index (χ1n) is 9.68. The smallest absolute Gasteiger partial charge is 0.147 e. The van der Waals surface area contributed by atoms with Crippen molar-refractivity contribution in [3.63, 3.8) is 0 Å². The zero-order valence-electron chi connectivity index (χ0n) is 15.8. The number of aromatic nitrogens is 2. The Labute approximate surface area is 175 Å². The Morgan fingerprint density at radius 2 is 1.93 bits per heavy atom. The third kappa shape index (κ3) is 3.94. The molecule has 0 amide bonds. The lowest BCUT2D eigenvalue weighted by Gasteiger charge is -2.42. The van der Waals surface area contributed by atoms with Crippen molar-refractivity contribution in [1.82, 2.24) is 9.97 Å². The molecule has 0 unspecified atom stereocenters. The molecule has 1 aliphatic carbocycles. The summed E-state index contributed by atoms with van der Waals surface area (Å²) in [6.07, 6.45) is 8.71. The van der Waals surface area contributed by atoms with E-state index in [-0.39, 0.29) is 0 Å². The Hall–Kier alpha value is -0.970. The second kappa shape index (κ2) is 7.81. The lowest BCUT2D eigenvalue weighted by molar-refractivity contribution is 0.161. The Morgan fingerprint density at radius 3 is 2.56 bits per heavy atom. The molecule has 1 aromatic carbocycles. The Kier molecular flexibility index (Phi) is 5.59. The van der Waals surface area contributed by atoms with E-state index in [2.05, 4.69) is 16.8 Å². The van der Waals surface area contributed by atoms with Crippen LogP contribution in [0.2, 0.25) is 10.0 Å². The highest BCUT2D eigenvalue weighted by atomic mass is 35.5. The van der Waals surface area contributed by atoms with E-state index in [0.717, 1.165) is 40.4 Å². The van der Waals surface area contributed by atoms with Gasteiger partial charge in [0.2, 0.25) is 0 Å². The van der Waals surface area contributed by atoms with Crippen molar-refractivity contribution in [1.29, 1.82) is 0 Å². The highest BCUT2D eigenvalue weighted by Gasteiger charge is 2.42. The van der Waals surface area contributed by atoms with Crippen molar-refractivity contribution in [3.8, 4) is 0 Å². The van der Waals surface area contributed by atoms with Crippen molar-refractivity contribution in [2.75, 3.05) is 18.0 Å². The van der Waals surface area contributed by atoms with Gasteiger partial charge >= 0.3 is 0 Å². The van der Waals surface area contributed by atoms with Crippen LogP contribution in [0.15, 0.2) is 34.3 Å². The quantitative estimate of drug-likeness (QED) is 0.554. The summed E-state index contributed by atoms with van der Waals surface area (Å²) in [5.41, 5.74) is 1.54. The van der Waals surface area contributed by atoms with Gasteiger partial charge in [-0.15, -0.1) is 0 Å². The van der Waals surface area contributed by atoms with Crippen molar-refractivity contribution >= 4 is 40.8 Å². The fourth-order valence-electron chi connectivity index (χ4n) is 4.60. The van der Waals surface area contributed by atoms with Crippen LogP contribution in [0.5, 0.6) is 0 Å². The highest BCUT2D eigenvalue weighted by Crippen LogP contribution is 2.50. The van der Waals surface area contributed by atoms with Gasteiger partial charge in [-0.05, 0) is 55.7 Å². The molecule has 3 nitrogen and oxygen atoms in total. The van der Waals surface area contributed by atoms with Crippen LogP contribution in [-0.4, -0.2) is 23.1 Å². The fraction of sp³-hybridized carbons (Fsp3) is 0.524. The van der Waals surface area contributed by atoms with E-state index in [1.54, 1.807) is 11.8 Å². The predicted molar refractivity (Wildman–Crippen MR) is 114 cm³/mol. The van der Waals surface area contributed by atoms with Gasteiger partial charge < -0.3 is 4.90 Å². The van der Waals surface area contributed by atoms with Crippen molar-refractivity contribution in [2.24, 2.45) is 11.3 Å². The van der Waals surface area contributed by atoms with Crippen molar-refractivity contribution < 1.29 is 0 Å². The third-order valence-electron chi connectivity index (χ3n) is 6.44. The molecule has 0 bridgehead atoms. The van der Waals surface area contributed by atoms with Crippen molar-refractivity contribution in [2.45, 2.75) is 55.9 Å². The first kappa shape index (κ1) is 19.4. The SMILES string of the molecule is Cc1nc(N2CCC3(CCC[C@H]3C)CC2)cnc1Sc1ccc(Cl)c(Cl)c1. The molecule has 27 heavy (non-hydrogen) atoms. The van der Waals surface area contributed by atoms with Gasteiger partial charge in [-0.1, -0.05) is 54.7 Å². The minimum Gasteiger partial charge on any atom is -0.355 e. The number of nitrogens with zero attached hydrogens (tertiary/aromatic N) is 3. The van der Waals surface area contributed by atoms with Crippen LogP contribution in [0.3, 0.4) is 0 Å². The van der Waals surface area contributed by atoms with Crippen LogP contribution in [-0.2, 0) is 0 Å². The van der Waals surface area contributed by atoms with Crippen LogP contribution in [0.4, 0.5) is 5.82 Å². The number of hydrogen-bond donors (Lipinski definition) is 0. The first-order valence-corrected chi connectivity index (χ1v) is 11.3. The number of rotatable bonds is 3.